The molecule has 3 unspecified atom stereocenters. The predicted octanol–water partition coefficient (Wildman–Crippen LogP) is 1.71. The highest BCUT2D eigenvalue weighted by Gasteiger charge is 2.25. The van der Waals surface area contributed by atoms with E-state index < -0.39 is 6.10 Å². The zero-order valence-electron chi connectivity index (χ0n) is 8.78. The molecule has 1 aliphatic heterocycles. The highest BCUT2D eigenvalue weighted by molar-refractivity contribution is 9.09. The Hall–Kier alpha value is 0.360. The first-order chi connectivity index (χ1) is 6.61. The third-order valence-electron chi connectivity index (χ3n) is 2.36. The minimum atomic E-state index is -0.400. The molecule has 0 bridgehead atoms. The van der Waals surface area contributed by atoms with Gasteiger partial charge in [0, 0.05) is 5.33 Å². The molecule has 14 heavy (non-hydrogen) atoms. The van der Waals surface area contributed by atoms with E-state index in [-0.39, 0.29) is 18.3 Å². The number of alkyl halides is 1. The van der Waals surface area contributed by atoms with Crippen LogP contribution in [0.2, 0.25) is 0 Å². The summed E-state index contributed by atoms with van der Waals surface area (Å²) in [7, 11) is 0. The monoisotopic (exact) mass is 266 g/mol. The summed E-state index contributed by atoms with van der Waals surface area (Å²) in [6, 6.07) is 0. The largest absolute Gasteiger partial charge is 0.390 e. The number of aliphatic hydroxyl groups excluding tert-OH is 1. The maximum atomic E-state index is 9.32. The molecular formula is C10H19BrO3. The summed E-state index contributed by atoms with van der Waals surface area (Å²) in [6.07, 6.45) is 2.24. The lowest BCUT2D eigenvalue weighted by atomic mass is 10.0. The van der Waals surface area contributed by atoms with Crippen LogP contribution < -0.4 is 0 Å². The van der Waals surface area contributed by atoms with Gasteiger partial charge in [-0.3, -0.25) is 0 Å². The van der Waals surface area contributed by atoms with E-state index in [2.05, 4.69) is 29.8 Å². The molecule has 0 aromatic rings. The second-order valence-corrected chi connectivity index (χ2v) is 4.64. The Morgan fingerprint density at radius 1 is 1.43 bits per heavy atom. The molecule has 3 nitrogen and oxygen atoms in total. The number of ether oxygens (including phenoxy) is 2. The summed E-state index contributed by atoms with van der Waals surface area (Å²) in [5.74, 6) is 0. The summed E-state index contributed by atoms with van der Waals surface area (Å²) in [6.45, 7) is 4.54. The molecule has 1 saturated heterocycles. The Labute approximate surface area is 93.9 Å². The van der Waals surface area contributed by atoms with Gasteiger partial charge in [-0.1, -0.05) is 15.9 Å². The van der Waals surface area contributed by atoms with Crippen LogP contribution in [0.25, 0.3) is 0 Å². The van der Waals surface area contributed by atoms with Crippen molar-refractivity contribution < 1.29 is 14.6 Å². The van der Waals surface area contributed by atoms with E-state index in [0.29, 0.717) is 11.9 Å². The minimum Gasteiger partial charge on any atom is -0.390 e. The molecule has 1 fully saturated rings. The third kappa shape index (κ3) is 4.26. The first kappa shape index (κ1) is 12.4. The van der Waals surface area contributed by atoms with Crippen LogP contribution in [0.15, 0.2) is 0 Å². The van der Waals surface area contributed by atoms with Crippen molar-refractivity contribution in [3.8, 4) is 0 Å². The molecule has 3 atom stereocenters. The van der Waals surface area contributed by atoms with Crippen LogP contribution in [-0.4, -0.2) is 41.5 Å². The fourth-order valence-corrected chi connectivity index (χ4v) is 1.96. The SMILES string of the molecule is CC1CC(OCC(O)CBr)CC(C)O1. The second kappa shape index (κ2) is 6.05. The molecule has 0 aliphatic carbocycles. The summed E-state index contributed by atoms with van der Waals surface area (Å²) < 4.78 is 11.2. The fraction of sp³-hybridized carbons (Fsp3) is 1.00. The quantitative estimate of drug-likeness (QED) is 0.788. The Morgan fingerprint density at radius 2 is 2.00 bits per heavy atom. The smallest absolute Gasteiger partial charge is 0.0870 e. The van der Waals surface area contributed by atoms with E-state index in [4.69, 9.17) is 9.47 Å². The molecule has 0 aromatic heterocycles. The van der Waals surface area contributed by atoms with Gasteiger partial charge in [-0.15, -0.1) is 0 Å². The second-order valence-electron chi connectivity index (χ2n) is 3.99. The van der Waals surface area contributed by atoms with Gasteiger partial charge < -0.3 is 14.6 Å². The molecule has 1 N–H and O–H groups in total. The van der Waals surface area contributed by atoms with Crippen molar-refractivity contribution in [1.82, 2.24) is 0 Å². The molecule has 0 radical (unpaired) electrons. The topological polar surface area (TPSA) is 38.7 Å². The number of hydrogen-bond donors (Lipinski definition) is 1. The van der Waals surface area contributed by atoms with Crippen LogP contribution in [0.1, 0.15) is 26.7 Å². The Morgan fingerprint density at radius 3 is 2.50 bits per heavy atom. The normalized spacial score (nSPS) is 35.6. The van der Waals surface area contributed by atoms with Gasteiger partial charge >= 0.3 is 0 Å². The number of halogens is 1. The van der Waals surface area contributed by atoms with Crippen LogP contribution >= 0.6 is 15.9 Å². The van der Waals surface area contributed by atoms with Crippen LogP contribution in [0, 0.1) is 0 Å². The van der Waals surface area contributed by atoms with Crippen molar-refractivity contribution >= 4 is 15.9 Å². The molecule has 84 valence electrons. The van der Waals surface area contributed by atoms with Gasteiger partial charge in [-0.25, -0.2) is 0 Å². The van der Waals surface area contributed by atoms with E-state index >= 15 is 0 Å². The molecule has 0 spiro atoms. The Bertz CT molecular complexity index is 155. The van der Waals surface area contributed by atoms with E-state index in [0.717, 1.165) is 12.8 Å². The first-order valence-corrected chi connectivity index (χ1v) is 6.25. The lowest BCUT2D eigenvalue weighted by Gasteiger charge is -2.32. The number of aliphatic hydroxyl groups is 1. The van der Waals surface area contributed by atoms with Gasteiger partial charge in [0.25, 0.3) is 0 Å². The van der Waals surface area contributed by atoms with Crippen LogP contribution in [0.4, 0.5) is 0 Å². The fourth-order valence-electron chi connectivity index (χ4n) is 1.77. The molecule has 1 heterocycles. The Balaban J connectivity index is 2.23. The van der Waals surface area contributed by atoms with Crippen LogP contribution in [0.3, 0.4) is 0 Å². The van der Waals surface area contributed by atoms with E-state index in [9.17, 15) is 5.11 Å². The van der Waals surface area contributed by atoms with Crippen molar-refractivity contribution in [2.24, 2.45) is 0 Å². The van der Waals surface area contributed by atoms with Crippen molar-refractivity contribution in [3.05, 3.63) is 0 Å². The van der Waals surface area contributed by atoms with E-state index in [1.165, 1.54) is 0 Å². The maximum Gasteiger partial charge on any atom is 0.0870 e. The summed E-state index contributed by atoms with van der Waals surface area (Å²) in [5.41, 5.74) is 0. The molecule has 0 saturated carbocycles. The Kier molecular flexibility index (Phi) is 5.38. The predicted molar refractivity (Wildman–Crippen MR) is 58.8 cm³/mol. The molecule has 0 aromatic carbocycles. The number of rotatable bonds is 4. The van der Waals surface area contributed by atoms with Gasteiger partial charge in [0.1, 0.15) is 0 Å². The van der Waals surface area contributed by atoms with Gasteiger partial charge in [-0.2, -0.15) is 0 Å². The van der Waals surface area contributed by atoms with Gasteiger partial charge in [0.05, 0.1) is 31.0 Å². The minimum absolute atomic E-state index is 0.238. The zero-order chi connectivity index (χ0) is 10.6. The van der Waals surface area contributed by atoms with Crippen molar-refractivity contribution in [2.45, 2.75) is 51.1 Å². The molecule has 4 heteroatoms. The summed E-state index contributed by atoms with van der Waals surface area (Å²) in [5, 5.41) is 9.89. The highest BCUT2D eigenvalue weighted by Crippen LogP contribution is 2.21. The first-order valence-electron chi connectivity index (χ1n) is 5.13. The van der Waals surface area contributed by atoms with Crippen molar-refractivity contribution in [3.63, 3.8) is 0 Å². The maximum absolute atomic E-state index is 9.32. The average Bonchev–Trinajstić information content (AvgIpc) is 2.12. The summed E-state index contributed by atoms with van der Waals surface area (Å²) >= 11 is 3.21. The van der Waals surface area contributed by atoms with Crippen LogP contribution in [-0.2, 0) is 9.47 Å². The standard InChI is InChI=1S/C10H19BrO3/c1-7-3-10(4-8(2)14-7)13-6-9(12)5-11/h7-10,12H,3-6H2,1-2H3. The highest BCUT2D eigenvalue weighted by atomic mass is 79.9. The average molecular weight is 267 g/mol. The van der Waals surface area contributed by atoms with Gasteiger partial charge in [0.2, 0.25) is 0 Å². The van der Waals surface area contributed by atoms with Crippen molar-refractivity contribution in [2.75, 3.05) is 11.9 Å². The lowest BCUT2D eigenvalue weighted by Crippen LogP contribution is -2.35. The molecule has 1 aliphatic rings. The summed E-state index contributed by atoms with van der Waals surface area (Å²) in [4.78, 5) is 0. The molecular weight excluding hydrogens is 248 g/mol. The zero-order valence-corrected chi connectivity index (χ0v) is 10.4. The lowest BCUT2D eigenvalue weighted by molar-refractivity contribution is -0.111. The molecule has 1 rings (SSSR count). The van der Waals surface area contributed by atoms with Crippen molar-refractivity contribution in [1.29, 1.82) is 0 Å². The van der Waals surface area contributed by atoms with Crippen LogP contribution in [0.5, 0.6) is 0 Å². The third-order valence-corrected chi connectivity index (χ3v) is 3.10. The van der Waals surface area contributed by atoms with E-state index in [1.54, 1.807) is 0 Å². The van der Waals surface area contributed by atoms with E-state index in [1.807, 2.05) is 0 Å². The molecule has 0 amide bonds. The van der Waals surface area contributed by atoms with Gasteiger partial charge in [-0.05, 0) is 26.7 Å². The number of hydrogen-bond acceptors (Lipinski definition) is 3. The van der Waals surface area contributed by atoms with Gasteiger partial charge in [0.15, 0.2) is 0 Å².